The average molecular weight is 407 g/mol. The van der Waals surface area contributed by atoms with E-state index in [2.05, 4.69) is 15.3 Å². The van der Waals surface area contributed by atoms with Crippen LogP contribution in [0.2, 0.25) is 0 Å². The molecule has 4 aromatic rings. The molecule has 30 heavy (non-hydrogen) atoms. The molecule has 0 saturated heterocycles. The number of rotatable bonds is 6. The molecule has 1 amide bonds. The maximum atomic E-state index is 12.5. The number of carbonyl (C=O) groups excluding carboxylic acids is 1. The van der Waals surface area contributed by atoms with Crippen LogP contribution in [0.1, 0.15) is 11.4 Å². The molecule has 0 atom stereocenters. The molecule has 0 spiro atoms. The van der Waals surface area contributed by atoms with E-state index in [9.17, 15) is 14.4 Å². The van der Waals surface area contributed by atoms with Gasteiger partial charge in [0.25, 0.3) is 5.56 Å². The molecule has 1 N–H and O–H groups in total. The number of carbonyl (C=O) groups is 1. The zero-order chi connectivity index (χ0) is 21.3. The lowest BCUT2D eigenvalue weighted by Crippen LogP contribution is -2.38. The number of amides is 1. The molecule has 10 nitrogen and oxygen atoms in total. The van der Waals surface area contributed by atoms with Crippen molar-refractivity contribution in [2.24, 2.45) is 14.1 Å². The largest absolute Gasteiger partial charge is 0.347 e. The molecule has 10 heteroatoms. The molecule has 0 aliphatic heterocycles. The van der Waals surface area contributed by atoms with Crippen molar-refractivity contribution in [3.05, 3.63) is 81.3 Å². The zero-order valence-corrected chi connectivity index (χ0v) is 16.6. The van der Waals surface area contributed by atoms with Crippen molar-refractivity contribution in [2.75, 3.05) is 0 Å². The molecule has 4 rings (SSSR count). The number of benzene rings is 1. The average Bonchev–Trinajstić information content (AvgIpc) is 3.37. The summed E-state index contributed by atoms with van der Waals surface area (Å²) in [7, 11) is 2.93. The van der Waals surface area contributed by atoms with Crippen molar-refractivity contribution in [2.45, 2.75) is 19.6 Å². The van der Waals surface area contributed by atoms with Crippen LogP contribution in [0.3, 0.4) is 0 Å². The van der Waals surface area contributed by atoms with E-state index in [1.165, 1.54) is 29.6 Å². The smallest absolute Gasteiger partial charge is 0.332 e. The van der Waals surface area contributed by atoms with E-state index >= 15 is 0 Å². The Hall–Kier alpha value is -3.95. The third-order valence-electron chi connectivity index (χ3n) is 4.97. The first-order chi connectivity index (χ1) is 14.5. The Morgan fingerprint density at radius 3 is 2.57 bits per heavy atom. The molecule has 0 fully saturated rings. The molecular formula is C20H21N7O3. The van der Waals surface area contributed by atoms with Gasteiger partial charge < -0.3 is 14.5 Å². The SMILES string of the molecule is Cn1c(=O)c2c(ncn2CC(=O)NCc2nccn2Cc2ccccc2)n(C)c1=O. The molecular weight excluding hydrogens is 386 g/mol. The van der Waals surface area contributed by atoms with Crippen LogP contribution in [0.4, 0.5) is 0 Å². The normalized spacial score (nSPS) is 11.1. The zero-order valence-electron chi connectivity index (χ0n) is 16.6. The number of nitrogens with zero attached hydrogens (tertiary/aromatic N) is 6. The molecule has 1 aromatic carbocycles. The van der Waals surface area contributed by atoms with Gasteiger partial charge in [0.05, 0.1) is 12.9 Å². The van der Waals surface area contributed by atoms with Gasteiger partial charge in [-0.05, 0) is 5.56 Å². The van der Waals surface area contributed by atoms with Crippen LogP contribution in [-0.4, -0.2) is 34.1 Å². The molecule has 0 bridgehead atoms. The van der Waals surface area contributed by atoms with Gasteiger partial charge in [0.2, 0.25) is 5.91 Å². The second-order valence-electron chi connectivity index (χ2n) is 6.98. The molecule has 3 aromatic heterocycles. The fourth-order valence-corrected chi connectivity index (χ4v) is 3.34. The van der Waals surface area contributed by atoms with Crippen LogP contribution in [0.15, 0.2) is 58.6 Å². The molecule has 0 unspecified atom stereocenters. The van der Waals surface area contributed by atoms with Crippen molar-refractivity contribution >= 4 is 17.1 Å². The van der Waals surface area contributed by atoms with Gasteiger partial charge in [-0.25, -0.2) is 14.8 Å². The third-order valence-corrected chi connectivity index (χ3v) is 4.97. The maximum absolute atomic E-state index is 12.5. The van der Waals surface area contributed by atoms with Crippen LogP contribution in [0.5, 0.6) is 0 Å². The van der Waals surface area contributed by atoms with Crippen molar-refractivity contribution in [1.29, 1.82) is 0 Å². The van der Waals surface area contributed by atoms with E-state index in [-0.39, 0.29) is 30.2 Å². The Bertz CT molecular complexity index is 1330. The molecule has 0 saturated carbocycles. The summed E-state index contributed by atoms with van der Waals surface area (Å²) in [6, 6.07) is 9.97. The Morgan fingerprint density at radius 1 is 1.03 bits per heavy atom. The molecule has 0 aliphatic rings. The standard InChI is InChI=1S/C20H21N7O3/c1-24-18-17(19(29)25(2)20(24)30)27(13-23-18)12-16(28)22-10-15-21-8-9-26(15)11-14-6-4-3-5-7-14/h3-9,13H,10-12H2,1-2H3,(H,22,28). The summed E-state index contributed by atoms with van der Waals surface area (Å²) < 4.78 is 5.70. The van der Waals surface area contributed by atoms with Crippen molar-refractivity contribution in [1.82, 2.24) is 33.6 Å². The van der Waals surface area contributed by atoms with Gasteiger partial charge in [-0.15, -0.1) is 0 Å². The monoisotopic (exact) mass is 407 g/mol. The molecule has 3 heterocycles. The highest BCUT2D eigenvalue weighted by molar-refractivity contribution is 5.78. The number of hydrogen-bond donors (Lipinski definition) is 1. The summed E-state index contributed by atoms with van der Waals surface area (Å²) in [6.07, 6.45) is 4.95. The minimum absolute atomic E-state index is 0.0939. The second-order valence-corrected chi connectivity index (χ2v) is 6.98. The topological polar surface area (TPSA) is 109 Å². The highest BCUT2D eigenvalue weighted by Gasteiger charge is 2.16. The van der Waals surface area contributed by atoms with Gasteiger partial charge in [-0.3, -0.25) is 18.7 Å². The highest BCUT2D eigenvalue weighted by atomic mass is 16.2. The third kappa shape index (κ3) is 3.54. The fraction of sp³-hybridized carbons (Fsp3) is 0.250. The van der Waals surface area contributed by atoms with Gasteiger partial charge in [0.1, 0.15) is 12.4 Å². The van der Waals surface area contributed by atoms with Crippen LogP contribution in [0, 0.1) is 0 Å². The predicted octanol–water partition coefficient (Wildman–Crippen LogP) is -0.00510. The molecule has 0 radical (unpaired) electrons. The van der Waals surface area contributed by atoms with Gasteiger partial charge in [-0.2, -0.15) is 0 Å². The van der Waals surface area contributed by atoms with Gasteiger partial charge in [0.15, 0.2) is 11.2 Å². The summed E-state index contributed by atoms with van der Waals surface area (Å²) >= 11 is 0. The van der Waals surface area contributed by atoms with Gasteiger partial charge >= 0.3 is 5.69 Å². The number of nitrogens with one attached hydrogen (secondary N) is 1. The number of fused-ring (bicyclic) bond motifs is 1. The fourth-order valence-electron chi connectivity index (χ4n) is 3.34. The minimum Gasteiger partial charge on any atom is -0.347 e. The van der Waals surface area contributed by atoms with Crippen LogP contribution in [0.25, 0.3) is 11.2 Å². The maximum Gasteiger partial charge on any atom is 0.332 e. The quantitative estimate of drug-likeness (QED) is 0.484. The summed E-state index contributed by atoms with van der Waals surface area (Å²) in [5.41, 5.74) is 0.633. The van der Waals surface area contributed by atoms with E-state index in [1.807, 2.05) is 41.1 Å². The van der Waals surface area contributed by atoms with E-state index < -0.39 is 11.2 Å². The van der Waals surface area contributed by atoms with E-state index in [1.54, 1.807) is 6.20 Å². The Balaban J connectivity index is 1.48. The highest BCUT2D eigenvalue weighted by Crippen LogP contribution is 2.07. The van der Waals surface area contributed by atoms with Crippen molar-refractivity contribution < 1.29 is 4.79 Å². The van der Waals surface area contributed by atoms with E-state index in [0.29, 0.717) is 6.54 Å². The lowest BCUT2D eigenvalue weighted by molar-refractivity contribution is -0.121. The Morgan fingerprint density at radius 2 is 1.80 bits per heavy atom. The Kier molecular flexibility index (Phi) is 5.05. The predicted molar refractivity (Wildman–Crippen MR) is 110 cm³/mol. The molecule has 154 valence electrons. The van der Waals surface area contributed by atoms with E-state index in [4.69, 9.17) is 0 Å². The first-order valence-electron chi connectivity index (χ1n) is 9.37. The second kappa shape index (κ2) is 7.82. The first-order valence-corrected chi connectivity index (χ1v) is 9.37. The lowest BCUT2D eigenvalue weighted by atomic mass is 10.2. The van der Waals surface area contributed by atoms with E-state index in [0.717, 1.165) is 16.0 Å². The van der Waals surface area contributed by atoms with Crippen molar-refractivity contribution in [3.8, 4) is 0 Å². The summed E-state index contributed by atoms with van der Waals surface area (Å²) in [4.78, 5) is 45.4. The van der Waals surface area contributed by atoms with Crippen LogP contribution < -0.4 is 16.6 Å². The number of imidazole rings is 2. The summed E-state index contributed by atoms with van der Waals surface area (Å²) in [6.45, 7) is 0.813. The van der Waals surface area contributed by atoms with Crippen molar-refractivity contribution in [3.63, 3.8) is 0 Å². The Labute approximate surface area is 171 Å². The number of aryl methyl sites for hydroxylation is 1. The number of aromatic nitrogens is 6. The minimum atomic E-state index is -0.489. The molecule has 0 aliphatic carbocycles. The van der Waals surface area contributed by atoms with Crippen LogP contribution in [-0.2, 0) is 38.5 Å². The number of hydrogen-bond acceptors (Lipinski definition) is 5. The first kappa shape index (κ1) is 19.4. The van der Waals surface area contributed by atoms with Crippen LogP contribution >= 0.6 is 0 Å². The summed E-state index contributed by atoms with van der Waals surface area (Å²) in [5.74, 6) is 0.431. The van der Waals surface area contributed by atoms with Gasteiger partial charge in [0, 0.05) is 33.0 Å². The lowest BCUT2D eigenvalue weighted by Gasteiger charge is -2.10. The van der Waals surface area contributed by atoms with Gasteiger partial charge in [-0.1, -0.05) is 30.3 Å². The summed E-state index contributed by atoms with van der Waals surface area (Å²) in [5, 5.41) is 2.83.